The van der Waals surface area contributed by atoms with Crippen molar-refractivity contribution in [3.63, 3.8) is 0 Å². The van der Waals surface area contributed by atoms with Crippen molar-refractivity contribution in [3.8, 4) is 11.5 Å². The number of sulfonamides is 1. The minimum Gasteiger partial charge on any atom is -0.493 e. The Hall–Kier alpha value is -2.69. The fourth-order valence-corrected chi connectivity index (χ4v) is 4.28. The van der Waals surface area contributed by atoms with E-state index in [2.05, 4.69) is 10.3 Å². The Morgan fingerprint density at radius 3 is 2.43 bits per heavy atom. The number of anilines is 1. The first-order valence-corrected chi connectivity index (χ1v) is 9.96. The highest BCUT2D eigenvalue weighted by molar-refractivity contribution is 7.89. The van der Waals surface area contributed by atoms with E-state index in [1.54, 1.807) is 12.1 Å². The van der Waals surface area contributed by atoms with E-state index in [0.717, 1.165) is 0 Å². The summed E-state index contributed by atoms with van der Waals surface area (Å²) in [6, 6.07) is 5.89. The molecular weight excluding hydrogens is 386 g/mol. The predicted octanol–water partition coefficient (Wildman–Crippen LogP) is 1.37. The van der Waals surface area contributed by atoms with Crippen molar-refractivity contribution in [1.82, 2.24) is 9.29 Å². The van der Waals surface area contributed by atoms with Gasteiger partial charge in [-0.25, -0.2) is 8.42 Å². The van der Waals surface area contributed by atoms with Gasteiger partial charge < -0.3 is 19.5 Å². The van der Waals surface area contributed by atoms with Crippen LogP contribution in [0.1, 0.15) is 10.4 Å². The average molecular weight is 407 g/mol. The quantitative estimate of drug-likeness (QED) is 0.771. The molecule has 10 heteroatoms. The van der Waals surface area contributed by atoms with Crippen LogP contribution in [0.5, 0.6) is 11.5 Å². The summed E-state index contributed by atoms with van der Waals surface area (Å²) >= 11 is 0. The fraction of sp³-hybridized carbons (Fsp3) is 0.333. The zero-order chi connectivity index (χ0) is 20.1. The van der Waals surface area contributed by atoms with Gasteiger partial charge in [-0.15, -0.1) is 0 Å². The maximum atomic E-state index is 13.0. The van der Waals surface area contributed by atoms with E-state index in [-0.39, 0.29) is 35.0 Å². The van der Waals surface area contributed by atoms with Crippen LogP contribution in [0.25, 0.3) is 0 Å². The summed E-state index contributed by atoms with van der Waals surface area (Å²) in [7, 11) is -1.05. The number of carbonyl (C=O) groups excluding carboxylic acids is 1. The zero-order valence-corrected chi connectivity index (χ0v) is 16.4. The minimum atomic E-state index is -3.82. The highest BCUT2D eigenvalue weighted by Gasteiger charge is 2.30. The Bertz CT molecular complexity index is 943. The van der Waals surface area contributed by atoms with Gasteiger partial charge in [0.25, 0.3) is 5.91 Å². The van der Waals surface area contributed by atoms with E-state index in [4.69, 9.17) is 14.2 Å². The van der Waals surface area contributed by atoms with Crippen LogP contribution < -0.4 is 14.8 Å². The molecule has 1 aliphatic rings. The van der Waals surface area contributed by atoms with Crippen LogP contribution >= 0.6 is 0 Å². The zero-order valence-electron chi connectivity index (χ0n) is 15.5. The molecule has 1 aromatic heterocycles. The topological polar surface area (TPSA) is 107 Å². The number of morpholine rings is 1. The Balaban J connectivity index is 2.03. The molecule has 150 valence electrons. The van der Waals surface area contributed by atoms with E-state index >= 15 is 0 Å². The summed E-state index contributed by atoms with van der Waals surface area (Å²) in [5.41, 5.74) is 0.563. The second kappa shape index (κ2) is 8.55. The van der Waals surface area contributed by atoms with Crippen molar-refractivity contribution in [2.45, 2.75) is 4.90 Å². The number of nitrogens with zero attached hydrogens (tertiary/aromatic N) is 2. The Labute approximate surface area is 163 Å². The first-order valence-electron chi connectivity index (χ1n) is 8.52. The van der Waals surface area contributed by atoms with Crippen molar-refractivity contribution in [1.29, 1.82) is 0 Å². The van der Waals surface area contributed by atoms with E-state index in [0.29, 0.717) is 18.9 Å². The maximum absolute atomic E-state index is 13.0. The molecule has 2 aromatic rings. The number of ether oxygens (including phenoxy) is 3. The molecule has 3 rings (SSSR count). The summed E-state index contributed by atoms with van der Waals surface area (Å²) in [6.07, 6.45) is 3.07. The second-order valence-corrected chi connectivity index (χ2v) is 7.85. The molecule has 1 aromatic carbocycles. The molecule has 0 atom stereocenters. The smallest absolute Gasteiger partial charge is 0.259 e. The molecule has 0 radical (unpaired) electrons. The van der Waals surface area contributed by atoms with Gasteiger partial charge in [0.15, 0.2) is 11.5 Å². The van der Waals surface area contributed by atoms with Gasteiger partial charge in [0.2, 0.25) is 10.0 Å². The van der Waals surface area contributed by atoms with Crippen LogP contribution in [0.3, 0.4) is 0 Å². The molecular formula is C18H21N3O6S. The number of rotatable bonds is 6. The molecule has 2 heterocycles. The van der Waals surface area contributed by atoms with Crippen LogP contribution in [0.4, 0.5) is 5.69 Å². The van der Waals surface area contributed by atoms with Gasteiger partial charge in [-0.3, -0.25) is 9.78 Å². The van der Waals surface area contributed by atoms with Gasteiger partial charge >= 0.3 is 0 Å². The van der Waals surface area contributed by atoms with Crippen LogP contribution in [0.15, 0.2) is 41.6 Å². The molecule has 1 saturated heterocycles. The monoisotopic (exact) mass is 407 g/mol. The Morgan fingerprint density at radius 2 is 1.82 bits per heavy atom. The highest BCUT2D eigenvalue weighted by Crippen LogP contribution is 2.35. The van der Waals surface area contributed by atoms with Crippen molar-refractivity contribution < 1.29 is 27.4 Å². The third kappa shape index (κ3) is 4.08. The van der Waals surface area contributed by atoms with Crippen LogP contribution in [0.2, 0.25) is 0 Å². The van der Waals surface area contributed by atoms with Crippen molar-refractivity contribution in [3.05, 3.63) is 42.2 Å². The number of hydrogen-bond donors (Lipinski definition) is 1. The summed E-state index contributed by atoms with van der Waals surface area (Å²) in [4.78, 5) is 16.7. The number of aromatic nitrogens is 1. The maximum Gasteiger partial charge on any atom is 0.259 e. The minimum absolute atomic E-state index is 0.0468. The molecule has 1 aliphatic heterocycles. The number of amides is 1. The Kier molecular flexibility index (Phi) is 6.12. The van der Waals surface area contributed by atoms with E-state index in [9.17, 15) is 13.2 Å². The van der Waals surface area contributed by atoms with Gasteiger partial charge in [-0.2, -0.15) is 4.31 Å². The largest absolute Gasteiger partial charge is 0.493 e. The van der Waals surface area contributed by atoms with E-state index in [1.165, 1.54) is 43.1 Å². The second-order valence-electron chi connectivity index (χ2n) is 5.91. The Morgan fingerprint density at radius 1 is 1.14 bits per heavy atom. The molecule has 1 amide bonds. The molecule has 1 fully saturated rings. The SMILES string of the molecule is COc1cc(S(=O)(=O)N2CCOCC2)cc(C(=O)Nc2ccncc2)c1OC. The summed E-state index contributed by atoms with van der Waals surface area (Å²) in [5.74, 6) is -0.230. The molecule has 9 nitrogen and oxygen atoms in total. The summed E-state index contributed by atoms with van der Waals surface area (Å²) < 4.78 is 43.2. The van der Waals surface area contributed by atoms with Crippen LogP contribution in [0, 0.1) is 0 Å². The lowest BCUT2D eigenvalue weighted by Gasteiger charge is -2.26. The molecule has 0 spiro atoms. The number of methoxy groups -OCH3 is 2. The van der Waals surface area contributed by atoms with Gasteiger partial charge in [-0.05, 0) is 18.2 Å². The van der Waals surface area contributed by atoms with E-state index < -0.39 is 15.9 Å². The molecule has 0 aliphatic carbocycles. The number of benzene rings is 1. The van der Waals surface area contributed by atoms with Crippen LogP contribution in [-0.2, 0) is 14.8 Å². The van der Waals surface area contributed by atoms with Crippen molar-refractivity contribution in [2.24, 2.45) is 0 Å². The van der Waals surface area contributed by atoms with Gasteiger partial charge in [0.05, 0.1) is 37.9 Å². The third-order valence-corrected chi connectivity index (χ3v) is 6.12. The lowest BCUT2D eigenvalue weighted by Crippen LogP contribution is -2.40. The lowest BCUT2D eigenvalue weighted by molar-refractivity contribution is 0.0730. The number of pyridine rings is 1. The highest BCUT2D eigenvalue weighted by atomic mass is 32.2. The lowest BCUT2D eigenvalue weighted by atomic mass is 10.1. The molecule has 0 saturated carbocycles. The van der Waals surface area contributed by atoms with Gasteiger partial charge in [0.1, 0.15) is 0 Å². The molecule has 1 N–H and O–H groups in total. The normalized spacial score (nSPS) is 15.1. The summed E-state index contributed by atoms with van der Waals surface area (Å²) in [6.45, 7) is 1.13. The number of hydrogen-bond acceptors (Lipinski definition) is 7. The molecule has 0 bridgehead atoms. The van der Waals surface area contributed by atoms with Crippen LogP contribution in [-0.4, -0.2) is 64.1 Å². The van der Waals surface area contributed by atoms with Crippen molar-refractivity contribution in [2.75, 3.05) is 45.8 Å². The predicted molar refractivity (Wildman–Crippen MR) is 101 cm³/mol. The van der Waals surface area contributed by atoms with Gasteiger partial charge in [-0.1, -0.05) is 0 Å². The standard InChI is InChI=1S/C18H21N3O6S/c1-25-16-12-14(28(23,24)21-7-9-27-10-8-21)11-15(17(16)26-2)18(22)20-13-3-5-19-6-4-13/h3-6,11-12H,7-10H2,1-2H3,(H,19,20,22). The fourth-order valence-electron chi connectivity index (χ4n) is 2.83. The van der Waals surface area contributed by atoms with Crippen molar-refractivity contribution >= 4 is 21.6 Å². The summed E-state index contributed by atoms with van der Waals surface area (Å²) in [5, 5.41) is 2.70. The third-order valence-electron chi connectivity index (χ3n) is 4.24. The number of nitrogens with one attached hydrogen (secondary N) is 1. The van der Waals surface area contributed by atoms with E-state index in [1.807, 2.05) is 0 Å². The average Bonchev–Trinajstić information content (AvgIpc) is 2.73. The van der Waals surface area contributed by atoms with Gasteiger partial charge in [0, 0.05) is 37.2 Å². The molecule has 0 unspecified atom stereocenters. The molecule has 28 heavy (non-hydrogen) atoms. The first-order chi connectivity index (χ1) is 13.5. The first kappa shape index (κ1) is 20.1. The number of carbonyl (C=O) groups is 1.